The molecule has 1 aromatic rings. The lowest BCUT2D eigenvalue weighted by molar-refractivity contribution is -0.123. The Bertz CT molecular complexity index is 376. The van der Waals surface area contributed by atoms with E-state index < -0.39 is 0 Å². The van der Waals surface area contributed by atoms with Crippen LogP contribution in [0.25, 0.3) is 0 Å². The molecule has 2 atom stereocenters. The number of hydrogen-bond acceptors (Lipinski definition) is 3. The maximum atomic E-state index is 12.1. The molecule has 0 spiro atoms. The van der Waals surface area contributed by atoms with Gasteiger partial charge in [-0.1, -0.05) is 13.8 Å². The van der Waals surface area contributed by atoms with Crippen LogP contribution in [-0.2, 0) is 4.79 Å². The van der Waals surface area contributed by atoms with E-state index in [0.717, 1.165) is 18.4 Å². The van der Waals surface area contributed by atoms with Crippen LogP contribution in [0.5, 0.6) is 0 Å². The molecule has 0 aliphatic carbocycles. The molecule has 0 radical (unpaired) electrons. The van der Waals surface area contributed by atoms with Crippen LogP contribution in [-0.4, -0.2) is 23.0 Å². The van der Waals surface area contributed by atoms with E-state index in [9.17, 15) is 4.79 Å². The molecule has 106 valence electrons. The molecule has 4 nitrogen and oxygen atoms in total. The molecule has 1 heterocycles. The van der Waals surface area contributed by atoms with Gasteiger partial charge in [-0.2, -0.15) is 0 Å². The van der Waals surface area contributed by atoms with Crippen molar-refractivity contribution in [3.8, 4) is 0 Å². The topological polar surface area (TPSA) is 54.0 Å². The second kappa shape index (κ2) is 7.89. The number of hydrogen-bond donors (Lipinski definition) is 2. The van der Waals surface area contributed by atoms with Gasteiger partial charge in [0.05, 0.1) is 6.04 Å². The van der Waals surface area contributed by atoms with E-state index in [2.05, 4.69) is 36.4 Å². The third-order valence-corrected chi connectivity index (χ3v) is 3.43. The van der Waals surface area contributed by atoms with E-state index in [1.165, 1.54) is 0 Å². The highest BCUT2D eigenvalue weighted by Crippen LogP contribution is 2.11. The molecule has 4 heteroatoms. The van der Waals surface area contributed by atoms with Gasteiger partial charge in [0, 0.05) is 24.5 Å². The predicted octanol–water partition coefficient (Wildman–Crippen LogP) is 2.43. The van der Waals surface area contributed by atoms with Crippen molar-refractivity contribution in [2.24, 2.45) is 0 Å². The monoisotopic (exact) mass is 263 g/mol. The highest BCUT2D eigenvalue weighted by molar-refractivity contribution is 5.81. The molecule has 2 unspecified atom stereocenters. The number of pyridine rings is 1. The summed E-state index contributed by atoms with van der Waals surface area (Å²) in [7, 11) is 0. The van der Waals surface area contributed by atoms with Crippen molar-refractivity contribution in [1.82, 2.24) is 15.6 Å². The van der Waals surface area contributed by atoms with Crippen LogP contribution >= 0.6 is 0 Å². The molecule has 1 amide bonds. The minimum absolute atomic E-state index is 0.0645. The fourth-order valence-corrected chi connectivity index (χ4v) is 2.02. The Morgan fingerprint density at radius 3 is 2.32 bits per heavy atom. The Labute approximate surface area is 116 Å². The SMILES string of the molecule is CCC(CC)NC(=O)C(C)NC(C)c1ccncc1. The van der Waals surface area contributed by atoms with E-state index >= 15 is 0 Å². The molecule has 0 aliphatic heterocycles. The normalized spacial score (nSPS) is 14.2. The van der Waals surface area contributed by atoms with E-state index in [0.29, 0.717) is 0 Å². The van der Waals surface area contributed by atoms with Gasteiger partial charge in [0.15, 0.2) is 0 Å². The fraction of sp³-hybridized carbons (Fsp3) is 0.600. The van der Waals surface area contributed by atoms with Gasteiger partial charge in [-0.15, -0.1) is 0 Å². The zero-order valence-corrected chi connectivity index (χ0v) is 12.3. The first kappa shape index (κ1) is 15.6. The predicted molar refractivity (Wildman–Crippen MR) is 77.8 cm³/mol. The molecule has 0 aromatic carbocycles. The number of amides is 1. The van der Waals surface area contributed by atoms with Crippen molar-refractivity contribution in [2.75, 3.05) is 0 Å². The summed E-state index contributed by atoms with van der Waals surface area (Å²) < 4.78 is 0. The molecule has 0 aliphatic rings. The second-order valence-corrected chi connectivity index (χ2v) is 4.91. The summed E-state index contributed by atoms with van der Waals surface area (Å²) in [6, 6.07) is 4.12. The molecule has 19 heavy (non-hydrogen) atoms. The lowest BCUT2D eigenvalue weighted by atomic mass is 10.1. The summed E-state index contributed by atoms with van der Waals surface area (Å²) in [4.78, 5) is 16.0. The molecule has 0 bridgehead atoms. The lowest BCUT2D eigenvalue weighted by Crippen LogP contribution is -2.46. The van der Waals surface area contributed by atoms with Gasteiger partial charge < -0.3 is 5.32 Å². The van der Waals surface area contributed by atoms with Crippen LogP contribution < -0.4 is 10.6 Å². The molecular weight excluding hydrogens is 238 g/mol. The van der Waals surface area contributed by atoms with E-state index in [1.807, 2.05) is 19.1 Å². The number of carbonyl (C=O) groups is 1. The average molecular weight is 263 g/mol. The molecule has 0 saturated carbocycles. The summed E-state index contributed by atoms with van der Waals surface area (Å²) in [5.74, 6) is 0.0645. The number of nitrogens with zero attached hydrogens (tertiary/aromatic N) is 1. The molecular formula is C15H25N3O. The Kier molecular flexibility index (Phi) is 6.50. The summed E-state index contributed by atoms with van der Waals surface area (Å²) in [6.45, 7) is 8.13. The zero-order chi connectivity index (χ0) is 14.3. The minimum Gasteiger partial charge on any atom is -0.352 e. The first-order valence-electron chi connectivity index (χ1n) is 7.04. The molecule has 1 rings (SSSR count). The number of nitrogens with one attached hydrogen (secondary N) is 2. The van der Waals surface area contributed by atoms with Gasteiger partial charge in [-0.05, 0) is 44.4 Å². The van der Waals surface area contributed by atoms with Gasteiger partial charge in [0.2, 0.25) is 5.91 Å². The smallest absolute Gasteiger partial charge is 0.237 e. The standard InChI is InChI=1S/C15H25N3O/c1-5-14(6-2)18-15(19)12(4)17-11(3)13-7-9-16-10-8-13/h7-12,14,17H,5-6H2,1-4H3,(H,18,19). The molecule has 0 saturated heterocycles. The van der Waals surface area contributed by atoms with Crippen LogP contribution in [0.3, 0.4) is 0 Å². The third kappa shape index (κ3) is 4.99. The number of rotatable bonds is 7. The Hall–Kier alpha value is -1.42. The van der Waals surface area contributed by atoms with Crippen molar-refractivity contribution < 1.29 is 4.79 Å². The molecule has 2 N–H and O–H groups in total. The van der Waals surface area contributed by atoms with E-state index in [1.54, 1.807) is 12.4 Å². The first-order valence-corrected chi connectivity index (χ1v) is 7.04. The Morgan fingerprint density at radius 1 is 1.21 bits per heavy atom. The lowest BCUT2D eigenvalue weighted by Gasteiger charge is -2.22. The van der Waals surface area contributed by atoms with Crippen LogP contribution in [0.15, 0.2) is 24.5 Å². The largest absolute Gasteiger partial charge is 0.352 e. The van der Waals surface area contributed by atoms with Crippen molar-refractivity contribution in [2.45, 2.75) is 58.7 Å². The van der Waals surface area contributed by atoms with E-state index in [4.69, 9.17) is 0 Å². The second-order valence-electron chi connectivity index (χ2n) is 4.91. The van der Waals surface area contributed by atoms with Crippen molar-refractivity contribution in [3.05, 3.63) is 30.1 Å². The Morgan fingerprint density at radius 2 is 1.79 bits per heavy atom. The van der Waals surface area contributed by atoms with Crippen LogP contribution in [0.2, 0.25) is 0 Å². The highest BCUT2D eigenvalue weighted by atomic mass is 16.2. The quantitative estimate of drug-likeness (QED) is 0.794. The summed E-state index contributed by atoms with van der Waals surface area (Å²) in [5, 5.41) is 6.37. The van der Waals surface area contributed by atoms with Gasteiger partial charge >= 0.3 is 0 Å². The fourth-order valence-electron chi connectivity index (χ4n) is 2.02. The maximum absolute atomic E-state index is 12.1. The first-order chi connectivity index (χ1) is 9.08. The van der Waals surface area contributed by atoms with Crippen LogP contribution in [0, 0.1) is 0 Å². The number of aromatic nitrogens is 1. The van der Waals surface area contributed by atoms with E-state index in [-0.39, 0.29) is 24.0 Å². The van der Waals surface area contributed by atoms with Crippen molar-refractivity contribution in [3.63, 3.8) is 0 Å². The number of carbonyl (C=O) groups excluding carboxylic acids is 1. The highest BCUT2D eigenvalue weighted by Gasteiger charge is 2.18. The van der Waals surface area contributed by atoms with Crippen molar-refractivity contribution >= 4 is 5.91 Å². The zero-order valence-electron chi connectivity index (χ0n) is 12.3. The van der Waals surface area contributed by atoms with Crippen LogP contribution in [0.4, 0.5) is 0 Å². The summed E-state index contributed by atoms with van der Waals surface area (Å²) in [5.41, 5.74) is 1.14. The van der Waals surface area contributed by atoms with Gasteiger partial charge in [0.25, 0.3) is 0 Å². The summed E-state index contributed by atoms with van der Waals surface area (Å²) in [6.07, 6.45) is 5.47. The maximum Gasteiger partial charge on any atom is 0.237 e. The molecule has 0 fully saturated rings. The average Bonchev–Trinajstić information content (AvgIpc) is 2.45. The van der Waals surface area contributed by atoms with Crippen LogP contribution in [0.1, 0.15) is 52.1 Å². The van der Waals surface area contributed by atoms with Gasteiger partial charge in [0.1, 0.15) is 0 Å². The third-order valence-electron chi connectivity index (χ3n) is 3.43. The summed E-state index contributed by atoms with van der Waals surface area (Å²) >= 11 is 0. The van der Waals surface area contributed by atoms with Gasteiger partial charge in [-0.3, -0.25) is 15.1 Å². The Balaban J connectivity index is 2.50. The van der Waals surface area contributed by atoms with Crippen molar-refractivity contribution in [1.29, 1.82) is 0 Å². The van der Waals surface area contributed by atoms with Gasteiger partial charge in [-0.25, -0.2) is 0 Å². The molecule has 1 aromatic heterocycles. The minimum atomic E-state index is -0.205.